The number of rotatable bonds is 5. The molecule has 0 atom stereocenters. The molecule has 1 aromatic rings. The largest absolute Gasteiger partial charge is 0.478 e. The summed E-state index contributed by atoms with van der Waals surface area (Å²) in [6.07, 6.45) is 1.01. The minimum atomic E-state index is -0.00270. The number of hydrogen-bond acceptors (Lipinski definition) is 4. The van der Waals surface area contributed by atoms with Gasteiger partial charge in [0, 0.05) is 17.3 Å². The van der Waals surface area contributed by atoms with Gasteiger partial charge in [0.25, 0.3) is 0 Å². The second-order valence-electron chi connectivity index (χ2n) is 4.47. The quantitative estimate of drug-likeness (QED) is 0.833. The fraction of sp³-hybridized carbons (Fsp3) is 0.667. The zero-order valence-electron chi connectivity index (χ0n) is 10.8. The van der Waals surface area contributed by atoms with Crippen LogP contribution in [0.25, 0.3) is 0 Å². The standard InChI is InChI=1S/C12H21N3O/c1-6-12(4,5)15-11-13-9(3)8-10(14-11)16-7-2/h8H,6-7H2,1-5H3,(H,13,14,15). The van der Waals surface area contributed by atoms with E-state index in [1.54, 1.807) is 0 Å². The molecular formula is C12H21N3O. The Labute approximate surface area is 97.5 Å². The third kappa shape index (κ3) is 3.68. The van der Waals surface area contributed by atoms with Crippen LogP contribution in [0, 0.1) is 6.92 Å². The minimum Gasteiger partial charge on any atom is -0.478 e. The van der Waals surface area contributed by atoms with Gasteiger partial charge in [0.15, 0.2) is 0 Å². The number of nitrogens with zero attached hydrogens (tertiary/aromatic N) is 2. The Morgan fingerprint density at radius 2 is 2.00 bits per heavy atom. The highest BCUT2D eigenvalue weighted by atomic mass is 16.5. The summed E-state index contributed by atoms with van der Waals surface area (Å²) in [5.41, 5.74) is 0.907. The first-order valence-corrected chi connectivity index (χ1v) is 5.73. The third-order valence-electron chi connectivity index (χ3n) is 2.46. The summed E-state index contributed by atoms with van der Waals surface area (Å²) in [6.45, 7) is 10.9. The molecule has 16 heavy (non-hydrogen) atoms. The second kappa shape index (κ2) is 5.14. The van der Waals surface area contributed by atoms with Gasteiger partial charge in [-0.2, -0.15) is 4.98 Å². The fourth-order valence-electron chi connectivity index (χ4n) is 1.21. The van der Waals surface area contributed by atoms with E-state index in [2.05, 4.69) is 36.1 Å². The molecule has 0 saturated carbocycles. The van der Waals surface area contributed by atoms with Gasteiger partial charge in [-0.05, 0) is 34.1 Å². The van der Waals surface area contributed by atoms with Crippen molar-refractivity contribution in [2.75, 3.05) is 11.9 Å². The van der Waals surface area contributed by atoms with Crippen LogP contribution < -0.4 is 10.1 Å². The van der Waals surface area contributed by atoms with Crippen molar-refractivity contribution in [3.63, 3.8) is 0 Å². The van der Waals surface area contributed by atoms with Crippen molar-refractivity contribution < 1.29 is 4.74 Å². The van der Waals surface area contributed by atoms with Crippen molar-refractivity contribution in [2.24, 2.45) is 0 Å². The predicted molar refractivity (Wildman–Crippen MR) is 65.9 cm³/mol. The van der Waals surface area contributed by atoms with E-state index in [1.165, 1.54) is 0 Å². The van der Waals surface area contributed by atoms with Crippen molar-refractivity contribution in [3.05, 3.63) is 11.8 Å². The maximum absolute atomic E-state index is 5.38. The molecule has 0 aliphatic heterocycles. The summed E-state index contributed by atoms with van der Waals surface area (Å²) < 4.78 is 5.38. The zero-order valence-corrected chi connectivity index (χ0v) is 10.8. The molecule has 90 valence electrons. The van der Waals surface area contributed by atoms with E-state index in [-0.39, 0.29) is 5.54 Å². The maximum Gasteiger partial charge on any atom is 0.226 e. The lowest BCUT2D eigenvalue weighted by atomic mass is 10.0. The number of aromatic nitrogens is 2. The van der Waals surface area contributed by atoms with Crippen LogP contribution >= 0.6 is 0 Å². The van der Waals surface area contributed by atoms with Gasteiger partial charge in [0.05, 0.1) is 6.61 Å². The molecule has 0 spiro atoms. The van der Waals surface area contributed by atoms with E-state index in [4.69, 9.17) is 4.74 Å². The molecule has 1 N–H and O–H groups in total. The van der Waals surface area contributed by atoms with Gasteiger partial charge in [-0.15, -0.1) is 0 Å². The summed E-state index contributed by atoms with van der Waals surface area (Å²) in [4.78, 5) is 8.66. The molecule has 4 heteroatoms. The molecule has 0 saturated heterocycles. The SMILES string of the molecule is CCOc1cc(C)nc(NC(C)(C)CC)n1. The summed E-state index contributed by atoms with van der Waals surface area (Å²) in [5, 5.41) is 3.31. The van der Waals surface area contributed by atoms with Gasteiger partial charge in [-0.25, -0.2) is 4.98 Å². The topological polar surface area (TPSA) is 47.0 Å². The molecule has 0 unspecified atom stereocenters. The van der Waals surface area contributed by atoms with Crippen molar-refractivity contribution in [3.8, 4) is 5.88 Å². The van der Waals surface area contributed by atoms with Crippen LogP contribution in [0.1, 0.15) is 39.8 Å². The molecule has 0 aliphatic carbocycles. The van der Waals surface area contributed by atoms with Gasteiger partial charge in [0.2, 0.25) is 11.8 Å². The van der Waals surface area contributed by atoms with Crippen molar-refractivity contribution in [1.82, 2.24) is 9.97 Å². The van der Waals surface area contributed by atoms with Crippen LogP contribution in [-0.2, 0) is 0 Å². The van der Waals surface area contributed by atoms with Crippen LogP contribution in [0.15, 0.2) is 6.07 Å². The first-order valence-electron chi connectivity index (χ1n) is 5.73. The first kappa shape index (κ1) is 12.7. The molecular weight excluding hydrogens is 202 g/mol. The Morgan fingerprint density at radius 3 is 2.56 bits per heavy atom. The molecule has 4 nitrogen and oxygen atoms in total. The molecule has 0 aliphatic rings. The van der Waals surface area contributed by atoms with E-state index in [0.717, 1.165) is 12.1 Å². The highest BCUT2D eigenvalue weighted by molar-refractivity contribution is 5.33. The van der Waals surface area contributed by atoms with E-state index >= 15 is 0 Å². The van der Waals surface area contributed by atoms with Crippen molar-refractivity contribution >= 4 is 5.95 Å². The van der Waals surface area contributed by atoms with Crippen molar-refractivity contribution in [1.29, 1.82) is 0 Å². The first-order chi connectivity index (χ1) is 7.46. The number of hydrogen-bond donors (Lipinski definition) is 1. The second-order valence-corrected chi connectivity index (χ2v) is 4.47. The zero-order chi connectivity index (χ0) is 12.2. The number of nitrogens with one attached hydrogen (secondary N) is 1. The molecule has 0 bridgehead atoms. The van der Waals surface area contributed by atoms with E-state index < -0.39 is 0 Å². The third-order valence-corrected chi connectivity index (χ3v) is 2.46. The fourth-order valence-corrected chi connectivity index (χ4v) is 1.21. The molecule has 1 heterocycles. The lowest BCUT2D eigenvalue weighted by Gasteiger charge is -2.24. The summed E-state index contributed by atoms with van der Waals surface area (Å²) in [6, 6.07) is 1.84. The molecule has 0 amide bonds. The Kier molecular flexibility index (Phi) is 4.10. The van der Waals surface area contributed by atoms with Crippen LogP contribution in [0.3, 0.4) is 0 Å². The minimum absolute atomic E-state index is 0.00270. The normalized spacial score (nSPS) is 11.3. The Bertz CT molecular complexity index is 350. The van der Waals surface area contributed by atoms with E-state index in [1.807, 2.05) is 19.9 Å². The highest BCUT2D eigenvalue weighted by Crippen LogP contribution is 2.17. The lowest BCUT2D eigenvalue weighted by molar-refractivity contribution is 0.326. The molecule has 0 radical (unpaired) electrons. The van der Waals surface area contributed by atoms with Gasteiger partial charge in [0.1, 0.15) is 0 Å². The average molecular weight is 223 g/mol. The molecule has 0 aromatic carbocycles. The van der Waals surface area contributed by atoms with Gasteiger partial charge >= 0.3 is 0 Å². The molecule has 1 aromatic heterocycles. The maximum atomic E-state index is 5.38. The van der Waals surface area contributed by atoms with E-state index in [0.29, 0.717) is 18.4 Å². The molecule has 0 fully saturated rings. The summed E-state index contributed by atoms with van der Waals surface area (Å²) >= 11 is 0. The predicted octanol–water partition coefficient (Wildman–Crippen LogP) is 2.78. The van der Waals surface area contributed by atoms with Crippen LogP contribution in [0.5, 0.6) is 5.88 Å². The number of aryl methyl sites for hydroxylation is 1. The average Bonchev–Trinajstić information content (AvgIpc) is 2.16. The lowest BCUT2D eigenvalue weighted by Crippen LogP contribution is -2.30. The van der Waals surface area contributed by atoms with E-state index in [9.17, 15) is 0 Å². The highest BCUT2D eigenvalue weighted by Gasteiger charge is 2.16. The van der Waals surface area contributed by atoms with Crippen molar-refractivity contribution in [2.45, 2.75) is 46.6 Å². The number of ether oxygens (including phenoxy) is 1. The number of anilines is 1. The summed E-state index contributed by atoms with van der Waals surface area (Å²) in [5.74, 6) is 1.26. The van der Waals surface area contributed by atoms with Crippen LogP contribution in [-0.4, -0.2) is 22.1 Å². The summed E-state index contributed by atoms with van der Waals surface area (Å²) in [7, 11) is 0. The monoisotopic (exact) mass is 223 g/mol. The van der Waals surface area contributed by atoms with Gasteiger partial charge in [-0.3, -0.25) is 0 Å². The Balaban J connectivity index is 2.87. The van der Waals surface area contributed by atoms with Crippen LogP contribution in [0.4, 0.5) is 5.95 Å². The van der Waals surface area contributed by atoms with Crippen LogP contribution in [0.2, 0.25) is 0 Å². The Hall–Kier alpha value is -1.32. The smallest absolute Gasteiger partial charge is 0.226 e. The molecule has 1 rings (SSSR count). The van der Waals surface area contributed by atoms with Gasteiger partial charge < -0.3 is 10.1 Å². The Morgan fingerprint density at radius 1 is 1.31 bits per heavy atom. The van der Waals surface area contributed by atoms with Gasteiger partial charge in [-0.1, -0.05) is 6.92 Å².